The minimum absolute atomic E-state index is 0.744. The van der Waals surface area contributed by atoms with Crippen LogP contribution in [0.15, 0.2) is 65.9 Å². The van der Waals surface area contributed by atoms with E-state index in [1.54, 1.807) is 0 Å². The molecule has 1 aromatic carbocycles. The van der Waals surface area contributed by atoms with Crippen molar-refractivity contribution in [3.8, 4) is 11.3 Å². The SMILES string of the molecule is Cc1[nH]ncc1-c1ccc2c(n1)CCC(=Nc1cc(CN3Cc4ccccc4C3)ccn1)N2. The van der Waals surface area contributed by atoms with Crippen LogP contribution in [0.5, 0.6) is 0 Å². The summed E-state index contributed by atoms with van der Waals surface area (Å²) in [5.74, 6) is 1.67. The van der Waals surface area contributed by atoms with Gasteiger partial charge in [0.25, 0.3) is 0 Å². The summed E-state index contributed by atoms with van der Waals surface area (Å²) in [6.07, 6.45) is 5.33. The number of aromatic amines is 1. The standard InChI is InChI=1S/C26H25N7/c1-17-21(13-28-32-17)22-6-7-24-23(29-22)8-9-25(30-24)31-26-12-18(10-11-27-26)14-33-15-19-4-2-3-5-20(19)16-33/h2-7,10-13H,8-9,14-16H2,1H3,(H,28,32)(H,27,30,31). The molecule has 33 heavy (non-hydrogen) atoms. The Labute approximate surface area is 192 Å². The summed E-state index contributed by atoms with van der Waals surface area (Å²) in [4.78, 5) is 16.6. The Morgan fingerprint density at radius 2 is 1.88 bits per heavy atom. The lowest BCUT2D eigenvalue weighted by Crippen LogP contribution is -2.20. The average Bonchev–Trinajstić information content (AvgIpc) is 3.44. The number of nitrogens with one attached hydrogen (secondary N) is 2. The van der Waals surface area contributed by atoms with Gasteiger partial charge in [0, 0.05) is 43.5 Å². The summed E-state index contributed by atoms with van der Waals surface area (Å²) in [6.45, 7) is 4.89. The van der Waals surface area contributed by atoms with Crippen LogP contribution in [0.25, 0.3) is 11.3 Å². The number of hydrogen-bond donors (Lipinski definition) is 2. The van der Waals surface area contributed by atoms with E-state index in [1.807, 2.05) is 25.4 Å². The molecule has 0 saturated heterocycles. The van der Waals surface area contributed by atoms with Crippen LogP contribution in [0.4, 0.5) is 11.5 Å². The van der Waals surface area contributed by atoms with Crippen molar-refractivity contribution in [1.29, 1.82) is 0 Å². The first kappa shape index (κ1) is 19.8. The Hall–Kier alpha value is -3.84. The third kappa shape index (κ3) is 4.03. The minimum atomic E-state index is 0.744. The smallest absolute Gasteiger partial charge is 0.154 e. The van der Waals surface area contributed by atoms with Crippen LogP contribution in [0.3, 0.4) is 0 Å². The molecule has 2 aliphatic heterocycles. The summed E-state index contributed by atoms with van der Waals surface area (Å²) in [7, 11) is 0. The van der Waals surface area contributed by atoms with Crippen molar-refractivity contribution in [2.45, 2.75) is 39.4 Å². The van der Waals surface area contributed by atoms with E-state index in [0.717, 1.165) is 72.5 Å². The van der Waals surface area contributed by atoms with E-state index in [2.05, 4.69) is 67.9 Å². The van der Waals surface area contributed by atoms with Crippen LogP contribution >= 0.6 is 0 Å². The van der Waals surface area contributed by atoms with Crippen molar-refractivity contribution >= 4 is 17.3 Å². The quantitative estimate of drug-likeness (QED) is 0.482. The molecule has 5 heterocycles. The average molecular weight is 436 g/mol. The first-order chi connectivity index (χ1) is 16.2. The highest BCUT2D eigenvalue weighted by atomic mass is 15.1. The highest BCUT2D eigenvalue weighted by Crippen LogP contribution is 2.28. The fourth-order valence-corrected chi connectivity index (χ4v) is 4.64. The summed E-state index contributed by atoms with van der Waals surface area (Å²) in [6, 6.07) is 17.0. The van der Waals surface area contributed by atoms with Crippen molar-refractivity contribution in [1.82, 2.24) is 25.1 Å². The van der Waals surface area contributed by atoms with Gasteiger partial charge in [0.2, 0.25) is 0 Å². The first-order valence-electron chi connectivity index (χ1n) is 11.3. The molecule has 0 unspecified atom stereocenters. The zero-order valence-electron chi connectivity index (χ0n) is 18.5. The van der Waals surface area contributed by atoms with E-state index in [0.29, 0.717) is 0 Å². The predicted octanol–water partition coefficient (Wildman–Crippen LogP) is 4.78. The molecule has 164 valence electrons. The van der Waals surface area contributed by atoms with Crippen LogP contribution in [0.2, 0.25) is 0 Å². The highest BCUT2D eigenvalue weighted by Gasteiger charge is 2.19. The molecule has 0 radical (unpaired) electrons. The van der Waals surface area contributed by atoms with Gasteiger partial charge in [0.1, 0.15) is 5.84 Å². The van der Waals surface area contributed by atoms with Crippen LogP contribution in [0, 0.1) is 6.92 Å². The lowest BCUT2D eigenvalue weighted by molar-refractivity contribution is 0.275. The summed E-state index contributed by atoms with van der Waals surface area (Å²) >= 11 is 0. The Bertz CT molecular complexity index is 1330. The third-order valence-electron chi connectivity index (χ3n) is 6.33. The van der Waals surface area contributed by atoms with Gasteiger partial charge in [0.15, 0.2) is 5.82 Å². The number of fused-ring (bicyclic) bond motifs is 2. The molecule has 0 aliphatic carbocycles. The number of amidine groups is 1. The second kappa shape index (κ2) is 8.26. The van der Waals surface area contributed by atoms with Gasteiger partial charge in [-0.1, -0.05) is 24.3 Å². The van der Waals surface area contributed by atoms with E-state index in [1.165, 1.54) is 16.7 Å². The first-order valence-corrected chi connectivity index (χ1v) is 11.3. The van der Waals surface area contributed by atoms with Gasteiger partial charge in [-0.2, -0.15) is 5.10 Å². The van der Waals surface area contributed by atoms with Crippen LogP contribution < -0.4 is 5.32 Å². The summed E-state index contributed by atoms with van der Waals surface area (Å²) in [5.41, 5.74) is 9.17. The zero-order valence-corrected chi connectivity index (χ0v) is 18.5. The zero-order chi connectivity index (χ0) is 22.2. The number of pyridine rings is 2. The van der Waals surface area contributed by atoms with Gasteiger partial charge in [0.05, 0.1) is 23.3 Å². The van der Waals surface area contributed by atoms with Crippen molar-refractivity contribution in [2.75, 3.05) is 5.32 Å². The number of aryl methyl sites for hydroxylation is 2. The van der Waals surface area contributed by atoms with Gasteiger partial charge in [-0.05, 0) is 54.3 Å². The maximum absolute atomic E-state index is 4.85. The van der Waals surface area contributed by atoms with Gasteiger partial charge < -0.3 is 5.32 Å². The van der Waals surface area contributed by atoms with Crippen LogP contribution in [-0.2, 0) is 26.1 Å². The lowest BCUT2D eigenvalue weighted by atomic mass is 10.1. The highest BCUT2D eigenvalue weighted by molar-refractivity contribution is 5.99. The number of aliphatic imine (C=N–C) groups is 1. The van der Waals surface area contributed by atoms with E-state index in [-0.39, 0.29) is 0 Å². The van der Waals surface area contributed by atoms with Gasteiger partial charge in [-0.25, -0.2) is 9.98 Å². The molecule has 2 N–H and O–H groups in total. The second-order valence-electron chi connectivity index (χ2n) is 8.72. The molecule has 3 aromatic heterocycles. The number of H-pyrrole nitrogens is 1. The number of benzene rings is 1. The monoisotopic (exact) mass is 435 g/mol. The molecular formula is C26H25N7. The molecule has 4 aromatic rings. The van der Waals surface area contributed by atoms with Crippen molar-refractivity contribution in [3.05, 3.63) is 89.0 Å². The van der Waals surface area contributed by atoms with Crippen LogP contribution in [-0.4, -0.2) is 30.9 Å². The number of aromatic nitrogens is 4. The van der Waals surface area contributed by atoms with Crippen LogP contribution in [0.1, 0.15) is 34.5 Å². The van der Waals surface area contributed by atoms with E-state index in [9.17, 15) is 0 Å². The fraction of sp³-hybridized carbons (Fsp3) is 0.231. The Morgan fingerprint density at radius 1 is 1.03 bits per heavy atom. The van der Waals surface area contributed by atoms with Crippen molar-refractivity contribution in [2.24, 2.45) is 4.99 Å². The second-order valence-corrected chi connectivity index (χ2v) is 8.72. The molecular weight excluding hydrogens is 410 g/mol. The number of anilines is 1. The molecule has 7 heteroatoms. The molecule has 7 nitrogen and oxygen atoms in total. The third-order valence-corrected chi connectivity index (χ3v) is 6.33. The molecule has 0 fully saturated rings. The molecule has 2 aliphatic rings. The molecule has 0 atom stereocenters. The Balaban J connectivity index is 1.16. The lowest BCUT2D eigenvalue weighted by Gasteiger charge is -2.20. The van der Waals surface area contributed by atoms with Gasteiger partial charge >= 0.3 is 0 Å². The maximum Gasteiger partial charge on any atom is 0.154 e. The normalized spacial score (nSPS) is 16.5. The summed E-state index contributed by atoms with van der Waals surface area (Å²) < 4.78 is 0. The van der Waals surface area contributed by atoms with E-state index < -0.39 is 0 Å². The van der Waals surface area contributed by atoms with Gasteiger partial charge in [-0.15, -0.1) is 0 Å². The Kier molecular flexibility index (Phi) is 4.96. The topological polar surface area (TPSA) is 82.1 Å². The largest absolute Gasteiger partial charge is 0.342 e. The summed E-state index contributed by atoms with van der Waals surface area (Å²) in [5, 5.41) is 10.5. The van der Waals surface area contributed by atoms with E-state index >= 15 is 0 Å². The number of nitrogens with zero attached hydrogens (tertiary/aromatic N) is 5. The van der Waals surface area contributed by atoms with Crippen molar-refractivity contribution < 1.29 is 0 Å². The molecule has 0 amide bonds. The predicted molar refractivity (Wildman–Crippen MR) is 129 cm³/mol. The minimum Gasteiger partial charge on any atom is -0.342 e. The molecule has 0 saturated carbocycles. The number of rotatable bonds is 4. The van der Waals surface area contributed by atoms with Crippen molar-refractivity contribution in [3.63, 3.8) is 0 Å². The number of hydrogen-bond acceptors (Lipinski definition) is 5. The van der Waals surface area contributed by atoms with Gasteiger partial charge in [-0.3, -0.25) is 15.0 Å². The Morgan fingerprint density at radius 3 is 2.67 bits per heavy atom. The fourth-order valence-electron chi connectivity index (χ4n) is 4.64. The molecule has 0 spiro atoms. The molecule has 0 bridgehead atoms. The van der Waals surface area contributed by atoms with E-state index in [4.69, 9.17) is 9.98 Å². The molecule has 6 rings (SSSR count). The maximum atomic E-state index is 4.85.